The van der Waals surface area contributed by atoms with Crippen LogP contribution in [0.15, 0.2) is 42.7 Å². The van der Waals surface area contributed by atoms with E-state index in [9.17, 15) is 10.1 Å². The molecule has 2 rings (SSSR count). The third-order valence-electron chi connectivity index (χ3n) is 3.03. The molecule has 1 aromatic carbocycles. The SMILES string of the molecule is COc1ccc(C)cc1C(=O)C(C#N)c1cccnc1. The van der Waals surface area contributed by atoms with Crippen molar-refractivity contribution < 1.29 is 9.53 Å². The van der Waals surface area contributed by atoms with Gasteiger partial charge in [0.1, 0.15) is 11.7 Å². The fraction of sp³-hybridized carbons (Fsp3) is 0.188. The minimum Gasteiger partial charge on any atom is -0.496 e. The van der Waals surface area contributed by atoms with E-state index >= 15 is 0 Å². The summed E-state index contributed by atoms with van der Waals surface area (Å²) >= 11 is 0. The zero-order chi connectivity index (χ0) is 14.5. The zero-order valence-corrected chi connectivity index (χ0v) is 11.3. The lowest BCUT2D eigenvalue weighted by Gasteiger charge is -2.12. The first-order chi connectivity index (χ1) is 9.67. The largest absolute Gasteiger partial charge is 0.496 e. The Hall–Kier alpha value is -2.67. The first-order valence-electron chi connectivity index (χ1n) is 6.15. The van der Waals surface area contributed by atoms with E-state index in [-0.39, 0.29) is 5.78 Å². The van der Waals surface area contributed by atoms with E-state index < -0.39 is 5.92 Å². The Balaban J connectivity index is 2.45. The Bertz CT molecular complexity index is 660. The minimum absolute atomic E-state index is 0.277. The van der Waals surface area contributed by atoms with Gasteiger partial charge in [0.15, 0.2) is 5.78 Å². The maximum Gasteiger partial charge on any atom is 0.188 e. The van der Waals surface area contributed by atoms with Crippen molar-refractivity contribution in [3.63, 3.8) is 0 Å². The summed E-state index contributed by atoms with van der Waals surface area (Å²) in [5, 5.41) is 9.30. The zero-order valence-electron chi connectivity index (χ0n) is 11.3. The highest BCUT2D eigenvalue weighted by molar-refractivity contribution is 6.04. The number of carbonyl (C=O) groups is 1. The Kier molecular flexibility index (Phi) is 4.11. The number of methoxy groups -OCH3 is 1. The van der Waals surface area contributed by atoms with Crippen LogP contribution in [0.1, 0.15) is 27.4 Å². The van der Waals surface area contributed by atoms with Crippen molar-refractivity contribution >= 4 is 5.78 Å². The minimum atomic E-state index is -0.876. The maximum absolute atomic E-state index is 12.6. The number of aromatic nitrogens is 1. The lowest BCUT2D eigenvalue weighted by molar-refractivity contribution is 0.0975. The first-order valence-corrected chi connectivity index (χ1v) is 6.15. The van der Waals surface area contributed by atoms with E-state index in [0.717, 1.165) is 5.56 Å². The molecule has 0 aliphatic heterocycles. The smallest absolute Gasteiger partial charge is 0.188 e. The maximum atomic E-state index is 12.6. The third-order valence-corrected chi connectivity index (χ3v) is 3.03. The van der Waals surface area contributed by atoms with Gasteiger partial charge in [-0.1, -0.05) is 17.7 Å². The fourth-order valence-corrected chi connectivity index (χ4v) is 2.00. The summed E-state index contributed by atoms with van der Waals surface area (Å²) in [6.45, 7) is 1.89. The molecule has 2 aromatic rings. The molecule has 0 spiro atoms. The van der Waals surface area contributed by atoms with Gasteiger partial charge in [0.2, 0.25) is 0 Å². The lowest BCUT2D eigenvalue weighted by atomic mass is 9.92. The predicted octanol–water partition coefficient (Wildman–Crippen LogP) is 2.89. The van der Waals surface area contributed by atoms with Crippen LogP contribution in [0.4, 0.5) is 0 Å². The number of Topliss-reactive ketones (excluding diaryl/α,β-unsaturated/α-hetero) is 1. The fourth-order valence-electron chi connectivity index (χ4n) is 2.00. The van der Waals surface area contributed by atoms with Crippen molar-refractivity contribution in [2.45, 2.75) is 12.8 Å². The van der Waals surface area contributed by atoms with Crippen LogP contribution < -0.4 is 4.74 Å². The molecule has 0 aliphatic rings. The third kappa shape index (κ3) is 2.67. The molecule has 0 N–H and O–H groups in total. The molecule has 1 unspecified atom stereocenters. The second-order valence-corrected chi connectivity index (χ2v) is 4.42. The standard InChI is InChI=1S/C16H14N2O2/c1-11-5-6-15(20-2)13(8-11)16(19)14(9-17)12-4-3-7-18-10-12/h3-8,10,14H,1-2H3. The number of benzene rings is 1. The van der Waals surface area contributed by atoms with Crippen LogP contribution >= 0.6 is 0 Å². The summed E-state index contributed by atoms with van der Waals surface area (Å²) < 4.78 is 5.21. The molecule has 0 radical (unpaired) electrons. The van der Waals surface area contributed by atoms with Crippen LogP contribution in [0.2, 0.25) is 0 Å². The average Bonchev–Trinajstić information content (AvgIpc) is 2.49. The van der Waals surface area contributed by atoms with Crippen LogP contribution in [0.5, 0.6) is 5.75 Å². The highest BCUT2D eigenvalue weighted by Gasteiger charge is 2.24. The van der Waals surface area contributed by atoms with Crippen molar-refractivity contribution in [1.29, 1.82) is 5.26 Å². The Labute approximate surface area is 117 Å². The van der Waals surface area contributed by atoms with Crippen molar-refractivity contribution in [3.8, 4) is 11.8 Å². The summed E-state index contributed by atoms with van der Waals surface area (Å²) in [4.78, 5) is 16.5. The van der Waals surface area contributed by atoms with Gasteiger partial charge in [-0.05, 0) is 30.7 Å². The molecule has 100 valence electrons. The molecule has 0 fully saturated rings. The summed E-state index contributed by atoms with van der Waals surface area (Å²) in [5.74, 6) is -0.676. The van der Waals surface area contributed by atoms with Gasteiger partial charge in [0, 0.05) is 12.4 Å². The topological polar surface area (TPSA) is 63.0 Å². The van der Waals surface area contributed by atoms with Gasteiger partial charge < -0.3 is 4.74 Å². The summed E-state index contributed by atoms with van der Waals surface area (Å²) in [6, 6.07) is 10.8. The Morgan fingerprint density at radius 3 is 2.80 bits per heavy atom. The number of rotatable bonds is 4. The van der Waals surface area contributed by atoms with E-state index in [0.29, 0.717) is 16.9 Å². The number of carbonyl (C=O) groups excluding carboxylic acids is 1. The van der Waals surface area contributed by atoms with Crippen molar-refractivity contribution in [3.05, 3.63) is 59.4 Å². The molecule has 1 aromatic heterocycles. The van der Waals surface area contributed by atoms with E-state index in [2.05, 4.69) is 4.98 Å². The van der Waals surface area contributed by atoms with Crippen molar-refractivity contribution in [2.75, 3.05) is 7.11 Å². The molecule has 20 heavy (non-hydrogen) atoms. The van der Waals surface area contributed by atoms with Gasteiger partial charge in [-0.15, -0.1) is 0 Å². The second kappa shape index (κ2) is 5.98. The highest BCUT2D eigenvalue weighted by atomic mass is 16.5. The van der Waals surface area contributed by atoms with Gasteiger partial charge >= 0.3 is 0 Å². The van der Waals surface area contributed by atoms with Gasteiger partial charge in [-0.25, -0.2) is 0 Å². The number of pyridine rings is 1. The van der Waals surface area contributed by atoms with Crippen LogP contribution in [-0.4, -0.2) is 17.9 Å². The quantitative estimate of drug-likeness (QED) is 0.798. The Morgan fingerprint density at radius 1 is 1.40 bits per heavy atom. The number of nitriles is 1. The number of ketones is 1. The average molecular weight is 266 g/mol. The van der Waals surface area contributed by atoms with E-state index in [1.54, 1.807) is 30.5 Å². The number of aryl methyl sites for hydroxylation is 1. The molecule has 0 saturated heterocycles. The highest BCUT2D eigenvalue weighted by Crippen LogP contribution is 2.26. The number of ether oxygens (including phenoxy) is 1. The molecule has 0 aliphatic carbocycles. The van der Waals surface area contributed by atoms with E-state index in [1.165, 1.54) is 13.3 Å². The number of hydrogen-bond donors (Lipinski definition) is 0. The molecule has 4 heteroatoms. The predicted molar refractivity (Wildman–Crippen MR) is 74.7 cm³/mol. The summed E-state index contributed by atoms with van der Waals surface area (Å²) in [5.41, 5.74) is 1.95. The molecular weight excluding hydrogens is 252 g/mol. The van der Waals surface area contributed by atoms with Crippen LogP contribution in [0.3, 0.4) is 0 Å². The molecule has 0 amide bonds. The van der Waals surface area contributed by atoms with E-state index in [4.69, 9.17) is 4.74 Å². The number of hydrogen-bond acceptors (Lipinski definition) is 4. The molecule has 0 saturated carbocycles. The number of nitrogens with zero attached hydrogens (tertiary/aromatic N) is 2. The van der Waals surface area contributed by atoms with Gasteiger partial charge in [-0.3, -0.25) is 9.78 Å². The molecule has 1 atom stereocenters. The lowest BCUT2D eigenvalue weighted by Crippen LogP contribution is -2.13. The molecule has 1 heterocycles. The first kappa shape index (κ1) is 13.8. The Morgan fingerprint density at radius 2 is 2.20 bits per heavy atom. The van der Waals surface area contributed by atoms with Gasteiger partial charge in [-0.2, -0.15) is 5.26 Å². The summed E-state index contributed by atoms with van der Waals surface area (Å²) in [7, 11) is 1.51. The molecular formula is C16H14N2O2. The van der Waals surface area contributed by atoms with Crippen LogP contribution in [-0.2, 0) is 0 Å². The van der Waals surface area contributed by atoms with Gasteiger partial charge in [0.05, 0.1) is 18.7 Å². The normalized spacial score (nSPS) is 11.4. The van der Waals surface area contributed by atoms with E-state index in [1.807, 2.05) is 19.1 Å². The molecule has 4 nitrogen and oxygen atoms in total. The second-order valence-electron chi connectivity index (χ2n) is 4.42. The monoisotopic (exact) mass is 266 g/mol. The van der Waals surface area contributed by atoms with Crippen molar-refractivity contribution in [1.82, 2.24) is 4.98 Å². The summed E-state index contributed by atoms with van der Waals surface area (Å²) in [6.07, 6.45) is 3.14. The molecule has 0 bridgehead atoms. The van der Waals surface area contributed by atoms with Crippen LogP contribution in [0.25, 0.3) is 0 Å². The van der Waals surface area contributed by atoms with Crippen molar-refractivity contribution in [2.24, 2.45) is 0 Å². The van der Waals surface area contributed by atoms with Gasteiger partial charge in [0.25, 0.3) is 0 Å². The van der Waals surface area contributed by atoms with Crippen LogP contribution in [0, 0.1) is 18.3 Å².